The molecule has 0 saturated carbocycles. The first kappa shape index (κ1) is 24.4. The van der Waals surface area contributed by atoms with Crippen LogP contribution >= 0.6 is 0 Å². The summed E-state index contributed by atoms with van der Waals surface area (Å²) in [6, 6.07) is 10.5. The molecule has 2 N–H and O–H groups in total. The molecule has 176 valence electrons. The number of hydrogen-bond donors (Lipinski definition) is 2. The molecule has 0 spiro atoms. The summed E-state index contributed by atoms with van der Waals surface area (Å²) in [6.45, 7) is 11.0. The molecule has 0 radical (unpaired) electrons. The third-order valence-electron chi connectivity index (χ3n) is 6.07. The largest absolute Gasteiger partial charge is 0.341 e. The van der Waals surface area contributed by atoms with Gasteiger partial charge in [0.25, 0.3) is 5.91 Å². The molecule has 2 aromatic rings. The van der Waals surface area contributed by atoms with Gasteiger partial charge in [-0.1, -0.05) is 39.0 Å². The molecule has 1 unspecified atom stereocenters. The summed E-state index contributed by atoms with van der Waals surface area (Å²) in [7, 11) is 0. The van der Waals surface area contributed by atoms with Crippen LogP contribution in [-0.2, 0) is 15.0 Å². The molecule has 1 aromatic carbocycles. The molecule has 7 nitrogen and oxygen atoms in total. The van der Waals surface area contributed by atoms with Gasteiger partial charge in [-0.2, -0.15) is 0 Å². The molecule has 0 bridgehead atoms. The topological polar surface area (TPSA) is 91.4 Å². The van der Waals surface area contributed by atoms with E-state index in [-0.39, 0.29) is 29.1 Å². The number of aromatic nitrogens is 1. The molecule has 3 amide bonds. The Morgan fingerprint density at radius 3 is 2.21 bits per heavy atom. The van der Waals surface area contributed by atoms with E-state index in [1.54, 1.807) is 36.2 Å². The van der Waals surface area contributed by atoms with Crippen LogP contribution in [0.3, 0.4) is 0 Å². The second-order valence-corrected chi connectivity index (χ2v) is 9.83. The molecule has 3 rings (SSSR count). The van der Waals surface area contributed by atoms with Gasteiger partial charge < -0.3 is 15.5 Å². The highest BCUT2D eigenvalue weighted by Crippen LogP contribution is 2.22. The van der Waals surface area contributed by atoms with Crippen molar-refractivity contribution in [3.8, 4) is 0 Å². The first-order valence-corrected chi connectivity index (χ1v) is 11.5. The second-order valence-electron chi connectivity index (χ2n) is 9.83. The van der Waals surface area contributed by atoms with Crippen LogP contribution in [0.15, 0.2) is 42.6 Å². The van der Waals surface area contributed by atoms with Crippen molar-refractivity contribution in [2.24, 2.45) is 5.92 Å². The Morgan fingerprint density at radius 2 is 1.67 bits per heavy atom. The van der Waals surface area contributed by atoms with Gasteiger partial charge in [0, 0.05) is 30.8 Å². The van der Waals surface area contributed by atoms with E-state index in [0.717, 1.165) is 11.1 Å². The number of benzene rings is 1. The van der Waals surface area contributed by atoms with E-state index in [1.165, 1.54) is 0 Å². The molecule has 1 fully saturated rings. The van der Waals surface area contributed by atoms with Gasteiger partial charge in [0.1, 0.15) is 11.9 Å². The van der Waals surface area contributed by atoms with Gasteiger partial charge in [-0.05, 0) is 61.4 Å². The van der Waals surface area contributed by atoms with Gasteiger partial charge in [0.2, 0.25) is 11.8 Å². The van der Waals surface area contributed by atoms with Crippen molar-refractivity contribution in [2.45, 2.75) is 58.9 Å². The van der Waals surface area contributed by atoms with Crippen molar-refractivity contribution in [2.75, 3.05) is 18.4 Å². The molecule has 7 heteroatoms. The van der Waals surface area contributed by atoms with Gasteiger partial charge in [0.05, 0.1) is 0 Å². The number of aryl methyl sites for hydroxylation is 1. The fourth-order valence-electron chi connectivity index (χ4n) is 3.87. The number of hydrogen-bond acceptors (Lipinski definition) is 4. The minimum Gasteiger partial charge on any atom is -0.341 e. The molecular weight excluding hydrogens is 416 g/mol. The van der Waals surface area contributed by atoms with Gasteiger partial charge in [-0.25, -0.2) is 4.98 Å². The van der Waals surface area contributed by atoms with Crippen LogP contribution in [0.4, 0.5) is 5.82 Å². The van der Waals surface area contributed by atoms with Gasteiger partial charge in [0.15, 0.2) is 0 Å². The number of carbonyl (C=O) groups is 3. The Kier molecular flexibility index (Phi) is 7.51. The van der Waals surface area contributed by atoms with Crippen molar-refractivity contribution in [1.82, 2.24) is 15.2 Å². The molecule has 0 aliphatic carbocycles. The molecule has 2 heterocycles. The fourth-order valence-corrected chi connectivity index (χ4v) is 3.87. The summed E-state index contributed by atoms with van der Waals surface area (Å²) >= 11 is 0. The van der Waals surface area contributed by atoms with Crippen LogP contribution in [-0.4, -0.2) is 46.7 Å². The van der Waals surface area contributed by atoms with Crippen molar-refractivity contribution in [3.05, 3.63) is 59.3 Å². The monoisotopic (exact) mass is 450 g/mol. The normalized spacial score (nSPS) is 15.6. The van der Waals surface area contributed by atoms with Crippen molar-refractivity contribution >= 4 is 23.5 Å². The highest BCUT2D eigenvalue weighted by atomic mass is 16.2. The summed E-state index contributed by atoms with van der Waals surface area (Å²) < 4.78 is 0. The number of piperidine rings is 1. The third-order valence-corrected chi connectivity index (χ3v) is 6.07. The first-order valence-electron chi connectivity index (χ1n) is 11.5. The highest BCUT2D eigenvalue weighted by molar-refractivity contribution is 5.97. The standard InChI is InChI=1S/C26H34N4O3/c1-17-6-11-22(27-16-17)29-24(32)20-12-14-30(15-13-20)25(33)18(2)28-23(31)19-7-9-21(10-8-19)26(3,4)5/h6-11,16,18,20H,12-15H2,1-5H3,(H,28,31)(H,27,29,32). The third kappa shape index (κ3) is 6.40. The number of carbonyl (C=O) groups excluding carboxylic acids is 3. The number of likely N-dealkylation sites (tertiary alicyclic amines) is 1. The van der Waals surface area contributed by atoms with E-state index < -0.39 is 6.04 Å². The average molecular weight is 451 g/mol. The number of rotatable bonds is 5. The van der Waals surface area contributed by atoms with E-state index >= 15 is 0 Å². The Morgan fingerprint density at radius 1 is 1.03 bits per heavy atom. The van der Waals surface area contributed by atoms with Crippen LogP contribution in [0.25, 0.3) is 0 Å². The average Bonchev–Trinajstić information content (AvgIpc) is 2.79. The predicted octanol–water partition coefficient (Wildman–Crippen LogP) is 3.68. The Hall–Kier alpha value is -3.22. The summed E-state index contributed by atoms with van der Waals surface area (Å²) in [5.41, 5.74) is 2.72. The van der Waals surface area contributed by atoms with Gasteiger partial charge in [-0.3, -0.25) is 14.4 Å². The van der Waals surface area contributed by atoms with E-state index in [0.29, 0.717) is 37.3 Å². The number of amides is 3. The maximum absolute atomic E-state index is 12.9. The summed E-state index contributed by atoms with van der Waals surface area (Å²) in [5, 5.41) is 5.66. The van der Waals surface area contributed by atoms with E-state index in [4.69, 9.17) is 0 Å². The van der Waals surface area contributed by atoms with Crippen LogP contribution in [0, 0.1) is 12.8 Å². The van der Waals surface area contributed by atoms with Crippen molar-refractivity contribution in [1.29, 1.82) is 0 Å². The lowest BCUT2D eigenvalue weighted by Crippen LogP contribution is -2.50. The molecular formula is C26H34N4O3. The number of pyridine rings is 1. The van der Waals surface area contributed by atoms with Crippen LogP contribution in [0.5, 0.6) is 0 Å². The van der Waals surface area contributed by atoms with E-state index in [9.17, 15) is 14.4 Å². The lowest BCUT2D eigenvalue weighted by Gasteiger charge is -2.33. The van der Waals surface area contributed by atoms with Gasteiger partial charge in [-0.15, -0.1) is 0 Å². The van der Waals surface area contributed by atoms with Crippen LogP contribution in [0.2, 0.25) is 0 Å². The molecule has 1 saturated heterocycles. The smallest absolute Gasteiger partial charge is 0.251 e. The Labute approximate surface area is 196 Å². The predicted molar refractivity (Wildman–Crippen MR) is 129 cm³/mol. The number of anilines is 1. The summed E-state index contributed by atoms with van der Waals surface area (Å²) in [6.07, 6.45) is 2.88. The number of nitrogens with one attached hydrogen (secondary N) is 2. The van der Waals surface area contributed by atoms with Crippen LogP contribution in [0.1, 0.15) is 62.0 Å². The van der Waals surface area contributed by atoms with E-state index in [2.05, 4.69) is 36.4 Å². The quantitative estimate of drug-likeness (QED) is 0.727. The maximum atomic E-state index is 12.9. The zero-order valence-corrected chi connectivity index (χ0v) is 20.1. The highest BCUT2D eigenvalue weighted by Gasteiger charge is 2.30. The Balaban J connectivity index is 1.49. The summed E-state index contributed by atoms with van der Waals surface area (Å²) in [4.78, 5) is 43.9. The van der Waals surface area contributed by atoms with Crippen molar-refractivity contribution < 1.29 is 14.4 Å². The second kappa shape index (κ2) is 10.1. The zero-order valence-electron chi connectivity index (χ0n) is 20.1. The van der Waals surface area contributed by atoms with Crippen LogP contribution < -0.4 is 10.6 Å². The summed E-state index contributed by atoms with van der Waals surface area (Å²) in [5.74, 6) is -0.0947. The molecule has 1 aliphatic rings. The SMILES string of the molecule is Cc1ccc(NC(=O)C2CCN(C(=O)C(C)NC(=O)c3ccc(C(C)(C)C)cc3)CC2)nc1. The zero-order chi connectivity index (χ0) is 24.2. The first-order chi connectivity index (χ1) is 15.5. The van der Waals surface area contributed by atoms with Gasteiger partial charge >= 0.3 is 0 Å². The van der Waals surface area contributed by atoms with E-state index in [1.807, 2.05) is 25.1 Å². The molecule has 1 aliphatic heterocycles. The minimum atomic E-state index is -0.637. The minimum absolute atomic E-state index is 0.0118. The number of nitrogens with zero attached hydrogens (tertiary/aromatic N) is 2. The maximum Gasteiger partial charge on any atom is 0.251 e. The lowest BCUT2D eigenvalue weighted by atomic mass is 9.86. The van der Waals surface area contributed by atoms with Crippen molar-refractivity contribution in [3.63, 3.8) is 0 Å². The molecule has 33 heavy (non-hydrogen) atoms. The lowest BCUT2D eigenvalue weighted by molar-refractivity contribution is -0.135. The molecule has 1 atom stereocenters. The fraction of sp³-hybridized carbons (Fsp3) is 0.462. The molecule has 1 aromatic heterocycles. The Bertz CT molecular complexity index is 986.